The van der Waals surface area contributed by atoms with Crippen molar-refractivity contribution in [3.05, 3.63) is 94.8 Å². The molecule has 152 valence electrons. The fraction of sp³-hybridized carbons (Fsp3) is 0.125. The molecule has 4 nitrogen and oxygen atoms in total. The summed E-state index contributed by atoms with van der Waals surface area (Å²) in [7, 11) is -3.27. The minimum absolute atomic E-state index is 0.264. The van der Waals surface area contributed by atoms with Gasteiger partial charge in [0.2, 0.25) is 0 Å². The summed E-state index contributed by atoms with van der Waals surface area (Å²) in [6.45, 7) is 1.94. The largest absolute Gasteiger partial charge is 0.440 e. The third-order valence-electron chi connectivity index (χ3n) is 4.94. The van der Waals surface area contributed by atoms with Gasteiger partial charge in [-0.05, 0) is 36.2 Å². The van der Waals surface area contributed by atoms with Crippen molar-refractivity contribution < 1.29 is 12.8 Å². The summed E-state index contributed by atoms with van der Waals surface area (Å²) in [6.07, 6.45) is 1.74. The molecule has 0 unspecified atom stereocenters. The van der Waals surface area contributed by atoms with E-state index in [2.05, 4.69) is 0 Å². The van der Waals surface area contributed by atoms with E-state index in [1.807, 2.05) is 55.5 Å². The normalized spacial score (nSPS) is 11.6. The molecule has 3 aromatic carbocycles. The van der Waals surface area contributed by atoms with Gasteiger partial charge in [0.05, 0.1) is 4.90 Å². The Hall–Kier alpha value is -2.89. The predicted octanol–water partition coefficient (Wildman–Crippen LogP) is 5.96. The summed E-state index contributed by atoms with van der Waals surface area (Å²) in [6, 6.07) is 22.3. The molecule has 1 heterocycles. The van der Waals surface area contributed by atoms with Gasteiger partial charge in [-0.1, -0.05) is 66.2 Å². The number of aromatic nitrogens is 1. The van der Waals surface area contributed by atoms with Crippen LogP contribution in [-0.2, 0) is 16.3 Å². The molecule has 0 atom stereocenters. The van der Waals surface area contributed by atoms with Gasteiger partial charge >= 0.3 is 0 Å². The molecular formula is C24H20ClNO3S. The first-order valence-corrected chi connectivity index (χ1v) is 11.7. The van der Waals surface area contributed by atoms with Crippen LogP contribution in [0.3, 0.4) is 0 Å². The fourth-order valence-electron chi connectivity index (χ4n) is 3.30. The lowest BCUT2D eigenvalue weighted by molar-refractivity contribution is 0.519. The van der Waals surface area contributed by atoms with Crippen LogP contribution in [0.25, 0.3) is 22.6 Å². The van der Waals surface area contributed by atoms with Crippen LogP contribution < -0.4 is 0 Å². The summed E-state index contributed by atoms with van der Waals surface area (Å²) >= 11 is 6.34. The van der Waals surface area contributed by atoms with E-state index in [1.165, 1.54) is 6.26 Å². The van der Waals surface area contributed by atoms with E-state index >= 15 is 0 Å². The zero-order valence-corrected chi connectivity index (χ0v) is 18.2. The van der Waals surface area contributed by atoms with E-state index in [9.17, 15) is 8.42 Å². The smallest absolute Gasteiger partial charge is 0.199 e. The van der Waals surface area contributed by atoms with Crippen molar-refractivity contribution in [2.75, 3.05) is 6.26 Å². The maximum absolute atomic E-state index is 11.8. The lowest BCUT2D eigenvalue weighted by Gasteiger charge is -2.07. The molecule has 0 saturated carbocycles. The Morgan fingerprint density at radius 1 is 0.933 bits per heavy atom. The number of hydrogen-bond acceptors (Lipinski definition) is 4. The van der Waals surface area contributed by atoms with Crippen molar-refractivity contribution in [3.63, 3.8) is 0 Å². The average molecular weight is 438 g/mol. The van der Waals surface area contributed by atoms with Crippen molar-refractivity contribution in [1.29, 1.82) is 0 Å². The lowest BCUT2D eigenvalue weighted by atomic mass is 10.0. The topological polar surface area (TPSA) is 60.2 Å². The molecule has 0 fully saturated rings. The van der Waals surface area contributed by atoms with E-state index in [4.69, 9.17) is 21.0 Å². The maximum Gasteiger partial charge on any atom is 0.199 e. The predicted molar refractivity (Wildman–Crippen MR) is 119 cm³/mol. The van der Waals surface area contributed by atoms with Crippen molar-refractivity contribution >= 4 is 21.4 Å². The van der Waals surface area contributed by atoms with Gasteiger partial charge in [0.25, 0.3) is 0 Å². The zero-order chi connectivity index (χ0) is 21.3. The van der Waals surface area contributed by atoms with Gasteiger partial charge in [-0.25, -0.2) is 13.4 Å². The quantitative estimate of drug-likeness (QED) is 0.386. The van der Waals surface area contributed by atoms with Crippen LogP contribution in [0.5, 0.6) is 0 Å². The van der Waals surface area contributed by atoms with E-state index in [-0.39, 0.29) is 4.90 Å². The third-order valence-corrected chi connectivity index (χ3v) is 6.48. The van der Waals surface area contributed by atoms with Crippen LogP contribution in [-0.4, -0.2) is 19.7 Å². The second kappa shape index (κ2) is 8.09. The van der Waals surface area contributed by atoms with E-state index in [1.54, 1.807) is 24.3 Å². The van der Waals surface area contributed by atoms with Gasteiger partial charge in [0, 0.05) is 28.8 Å². The number of rotatable bonds is 5. The number of hydrogen-bond donors (Lipinski definition) is 0. The maximum atomic E-state index is 11.8. The van der Waals surface area contributed by atoms with Gasteiger partial charge in [-0.2, -0.15) is 0 Å². The first-order valence-electron chi connectivity index (χ1n) is 9.42. The summed E-state index contributed by atoms with van der Waals surface area (Å²) in [5.41, 5.74) is 4.28. The molecular weight excluding hydrogens is 418 g/mol. The summed E-state index contributed by atoms with van der Waals surface area (Å²) in [5, 5.41) is 0.645. The highest BCUT2D eigenvalue weighted by molar-refractivity contribution is 7.90. The van der Waals surface area contributed by atoms with Crippen molar-refractivity contribution in [2.45, 2.75) is 18.2 Å². The third kappa shape index (κ3) is 4.18. The fourth-order valence-corrected chi connectivity index (χ4v) is 4.11. The number of oxazole rings is 1. The molecule has 0 bridgehead atoms. The van der Waals surface area contributed by atoms with Gasteiger partial charge in [-0.15, -0.1) is 0 Å². The molecule has 0 aliphatic carbocycles. The Morgan fingerprint density at radius 3 is 2.30 bits per heavy atom. The standard InChI is InChI=1S/C24H20ClNO3S/c1-16-20(9-6-10-21(16)25)24-23(18-11-13-19(14-12-18)30(2,27)28)26-22(29-24)15-17-7-4-3-5-8-17/h3-14H,15H2,1-2H3. The highest BCUT2D eigenvalue weighted by atomic mass is 35.5. The number of halogens is 1. The molecule has 0 amide bonds. The Kier molecular flexibility index (Phi) is 5.50. The van der Waals surface area contributed by atoms with Crippen LogP contribution in [0, 0.1) is 6.92 Å². The Morgan fingerprint density at radius 2 is 1.63 bits per heavy atom. The molecule has 30 heavy (non-hydrogen) atoms. The molecule has 0 aliphatic heterocycles. The van der Waals surface area contributed by atoms with Gasteiger partial charge < -0.3 is 4.42 Å². The molecule has 4 rings (SSSR count). The van der Waals surface area contributed by atoms with Crippen LogP contribution in [0.15, 0.2) is 82.1 Å². The van der Waals surface area contributed by atoms with E-state index < -0.39 is 9.84 Å². The highest BCUT2D eigenvalue weighted by Crippen LogP contribution is 2.37. The van der Waals surface area contributed by atoms with Crippen LogP contribution in [0.2, 0.25) is 5.02 Å². The van der Waals surface area contributed by atoms with Crippen molar-refractivity contribution in [2.24, 2.45) is 0 Å². The molecule has 1 aromatic heterocycles. The second-order valence-corrected chi connectivity index (χ2v) is 9.58. The first kappa shape index (κ1) is 20.4. The molecule has 0 radical (unpaired) electrons. The second-order valence-electron chi connectivity index (χ2n) is 7.16. The minimum Gasteiger partial charge on any atom is -0.440 e. The Balaban J connectivity index is 1.84. The van der Waals surface area contributed by atoms with Gasteiger partial charge in [0.15, 0.2) is 21.5 Å². The molecule has 4 aromatic rings. The number of benzene rings is 3. The number of sulfone groups is 1. The molecule has 0 N–H and O–H groups in total. The summed E-state index contributed by atoms with van der Waals surface area (Å²) in [5.74, 6) is 1.20. The zero-order valence-electron chi connectivity index (χ0n) is 16.6. The minimum atomic E-state index is -3.27. The van der Waals surface area contributed by atoms with E-state index in [0.29, 0.717) is 28.8 Å². The SMILES string of the molecule is Cc1c(Cl)cccc1-c1oc(Cc2ccccc2)nc1-c1ccc(S(C)(=O)=O)cc1. The van der Waals surface area contributed by atoms with Gasteiger partial charge in [-0.3, -0.25) is 0 Å². The molecule has 0 saturated heterocycles. The Labute approximate surface area is 181 Å². The molecule has 0 aliphatic rings. The molecule has 6 heteroatoms. The molecule has 0 spiro atoms. The lowest BCUT2D eigenvalue weighted by Crippen LogP contribution is -1.96. The summed E-state index contributed by atoms with van der Waals surface area (Å²) in [4.78, 5) is 5.02. The first-order chi connectivity index (χ1) is 14.3. The van der Waals surface area contributed by atoms with Crippen molar-refractivity contribution in [3.8, 4) is 22.6 Å². The monoisotopic (exact) mass is 437 g/mol. The van der Waals surface area contributed by atoms with Crippen molar-refractivity contribution in [1.82, 2.24) is 4.98 Å². The Bertz CT molecular complexity index is 1290. The summed E-state index contributed by atoms with van der Waals surface area (Å²) < 4.78 is 29.8. The average Bonchev–Trinajstić information content (AvgIpc) is 3.14. The van der Waals surface area contributed by atoms with Crippen LogP contribution in [0.1, 0.15) is 17.0 Å². The van der Waals surface area contributed by atoms with Crippen LogP contribution >= 0.6 is 11.6 Å². The van der Waals surface area contributed by atoms with Gasteiger partial charge in [0.1, 0.15) is 5.69 Å². The van der Waals surface area contributed by atoms with Crippen LogP contribution in [0.4, 0.5) is 0 Å². The highest BCUT2D eigenvalue weighted by Gasteiger charge is 2.20. The number of nitrogens with zero attached hydrogens (tertiary/aromatic N) is 1. The van der Waals surface area contributed by atoms with E-state index in [0.717, 1.165) is 22.3 Å².